The number of carbonyl (C=O) groups is 1. The molecular formula is C27H30Cl2F3N5O5S. The van der Waals surface area contributed by atoms with Gasteiger partial charge in [0.2, 0.25) is 0 Å². The Bertz CT molecular complexity index is 1720. The summed E-state index contributed by atoms with van der Waals surface area (Å²) in [6.45, 7) is 7.50. The summed E-state index contributed by atoms with van der Waals surface area (Å²) in [5.74, 6) is -0.239. The van der Waals surface area contributed by atoms with Crippen LogP contribution in [0.5, 0.6) is 0 Å². The van der Waals surface area contributed by atoms with Gasteiger partial charge in [-0.05, 0) is 50.6 Å². The SMILES string of the molecule is CCS(=O)(=O)c1ccc(Cl)cc1Nn1cnc2c(Cl)c(CN3CCN(C(=O)OC(C)(C)C)CC3)c(C(F)(F)F)cc2c1=O. The topological polar surface area (TPSA) is 114 Å². The summed E-state index contributed by atoms with van der Waals surface area (Å²) in [5, 5.41) is -0.591. The summed E-state index contributed by atoms with van der Waals surface area (Å²) in [6, 6.07) is 4.61. The van der Waals surface area contributed by atoms with E-state index in [0.717, 1.165) is 11.0 Å². The molecule has 0 unspecified atom stereocenters. The number of aromatic nitrogens is 2. The van der Waals surface area contributed by atoms with Gasteiger partial charge in [-0.2, -0.15) is 13.2 Å². The van der Waals surface area contributed by atoms with Crippen molar-refractivity contribution in [3.8, 4) is 0 Å². The molecule has 10 nitrogen and oxygen atoms in total. The third-order valence-electron chi connectivity index (χ3n) is 6.70. The maximum atomic E-state index is 14.3. The molecule has 234 valence electrons. The number of carbonyl (C=O) groups excluding carboxylic acids is 1. The number of hydrogen-bond donors (Lipinski definition) is 1. The minimum Gasteiger partial charge on any atom is -0.444 e. The number of amides is 1. The molecule has 4 rings (SSSR count). The van der Waals surface area contributed by atoms with Crippen LogP contribution >= 0.6 is 23.2 Å². The fraction of sp³-hybridized carbons (Fsp3) is 0.444. The zero-order valence-corrected chi connectivity index (χ0v) is 26.1. The van der Waals surface area contributed by atoms with Gasteiger partial charge < -0.3 is 9.64 Å². The average molecular weight is 665 g/mol. The average Bonchev–Trinajstić information content (AvgIpc) is 2.90. The van der Waals surface area contributed by atoms with Gasteiger partial charge in [-0.1, -0.05) is 30.1 Å². The number of anilines is 1. The lowest BCUT2D eigenvalue weighted by molar-refractivity contribution is -0.138. The highest BCUT2D eigenvalue weighted by atomic mass is 35.5. The summed E-state index contributed by atoms with van der Waals surface area (Å²) in [5.41, 5.74) is -0.571. The van der Waals surface area contributed by atoms with Crippen molar-refractivity contribution in [2.45, 2.75) is 50.9 Å². The number of nitrogens with zero attached hydrogens (tertiary/aromatic N) is 4. The van der Waals surface area contributed by atoms with E-state index in [9.17, 15) is 31.2 Å². The molecule has 0 bridgehead atoms. The number of piperazine rings is 1. The minimum absolute atomic E-state index is 0.0538. The van der Waals surface area contributed by atoms with Gasteiger partial charge in [-0.3, -0.25) is 15.1 Å². The van der Waals surface area contributed by atoms with Crippen molar-refractivity contribution in [1.29, 1.82) is 0 Å². The Morgan fingerprint density at radius 3 is 2.33 bits per heavy atom. The molecule has 0 atom stereocenters. The lowest BCUT2D eigenvalue weighted by Gasteiger charge is -2.36. The van der Waals surface area contributed by atoms with Gasteiger partial charge in [-0.15, -0.1) is 0 Å². The van der Waals surface area contributed by atoms with Crippen LogP contribution in [0, 0.1) is 0 Å². The second-order valence-electron chi connectivity index (χ2n) is 10.9. The number of hydrogen-bond acceptors (Lipinski definition) is 8. The summed E-state index contributed by atoms with van der Waals surface area (Å²) in [6.07, 6.45) is -4.35. The second kappa shape index (κ2) is 12.1. The Kier molecular flexibility index (Phi) is 9.27. The van der Waals surface area contributed by atoms with Crippen molar-refractivity contribution < 1.29 is 31.1 Å². The van der Waals surface area contributed by atoms with E-state index in [1.165, 1.54) is 30.0 Å². The number of ether oxygens (including phenoxy) is 1. The molecule has 1 aliphatic heterocycles. The van der Waals surface area contributed by atoms with Crippen LogP contribution in [0.1, 0.15) is 38.8 Å². The van der Waals surface area contributed by atoms with Gasteiger partial charge in [0.25, 0.3) is 5.56 Å². The van der Waals surface area contributed by atoms with Crippen molar-refractivity contribution in [2.24, 2.45) is 0 Å². The number of sulfone groups is 1. The number of rotatable bonds is 6. The van der Waals surface area contributed by atoms with Crippen molar-refractivity contribution in [3.05, 3.63) is 62.1 Å². The predicted molar refractivity (Wildman–Crippen MR) is 157 cm³/mol. The molecular weight excluding hydrogens is 634 g/mol. The van der Waals surface area contributed by atoms with Crippen molar-refractivity contribution in [2.75, 3.05) is 37.4 Å². The maximum absolute atomic E-state index is 14.3. The largest absolute Gasteiger partial charge is 0.444 e. The quantitative estimate of drug-likeness (QED) is 0.371. The standard InChI is InChI=1S/C27H30Cl2F3N5O5S/c1-5-43(40,41)21-7-6-16(28)12-20(21)34-37-15-33-23-17(24(37)38)13-19(27(30,31)32)18(22(23)29)14-35-8-10-36(11-9-35)25(39)42-26(2,3)4/h6-7,12-13,15,34H,5,8-11,14H2,1-4H3. The third kappa shape index (κ3) is 7.36. The monoisotopic (exact) mass is 663 g/mol. The molecule has 1 aromatic heterocycles. The van der Waals surface area contributed by atoms with Crippen LogP contribution in [-0.2, 0) is 27.3 Å². The first-order chi connectivity index (χ1) is 19.9. The first kappa shape index (κ1) is 32.8. The first-order valence-corrected chi connectivity index (χ1v) is 15.6. The Hall–Kier alpha value is -3.07. The van der Waals surface area contributed by atoms with E-state index >= 15 is 0 Å². The predicted octanol–water partition coefficient (Wildman–Crippen LogP) is 5.44. The highest BCUT2D eigenvalue weighted by Gasteiger charge is 2.37. The Morgan fingerprint density at radius 2 is 1.74 bits per heavy atom. The molecule has 0 radical (unpaired) electrons. The van der Waals surface area contributed by atoms with Crippen LogP contribution in [0.2, 0.25) is 10.0 Å². The highest BCUT2D eigenvalue weighted by Crippen LogP contribution is 2.39. The number of alkyl halides is 3. The molecule has 1 amide bonds. The third-order valence-corrected chi connectivity index (χ3v) is 9.13. The molecule has 1 saturated heterocycles. The van der Waals surface area contributed by atoms with Gasteiger partial charge in [0, 0.05) is 37.7 Å². The summed E-state index contributed by atoms with van der Waals surface area (Å²) in [4.78, 5) is 33.0. The van der Waals surface area contributed by atoms with Gasteiger partial charge in [0.05, 0.1) is 37.8 Å². The number of nitrogens with one attached hydrogen (secondary N) is 1. The molecule has 2 heterocycles. The molecule has 1 aliphatic rings. The molecule has 2 aromatic carbocycles. The fourth-order valence-corrected chi connectivity index (χ4v) is 6.05. The zero-order valence-electron chi connectivity index (χ0n) is 23.8. The van der Waals surface area contributed by atoms with Crippen molar-refractivity contribution in [3.63, 3.8) is 0 Å². The highest BCUT2D eigenvalue weighted by molar-refractivity contribution is 7.91. The lowest BCUT2D eigenvalue weighted by Crippen LogP contribution is -2.49. The maximum Gasteiger partial charge on any atom is 0.416 e. The molecule has 0 aliphatic carbocycles. The van der Waals surface area contributed by atoms with E-state index < -0.39 is 44.2 Å². The number of halogens is 5. The molecule has 1 N–H and O–H groups in total. The van der Waals surface area contributed by atoms with Gasteiger partial charge in [-0.25, -0.2) is 22.9 Å². The van der Waals surface area contributed by atoms with E-state index in [0.29, 0.717) is 6.07 Å². The molecule has 0 spiro atoms. The van der Waals surface area contributed by atoms with Crippen LogP contribution in [0.25, 0.3) is 10.9 Å². The summed E-state index contributed by atoms with van der Waals surface area (Å²) in [7, 11) is -3.75. The molecule has 1 fully saturated rings. The van der Waals surface area contributed by atoms with Crippen molar-refractivity contribution >= 4 is 55.7 Å². The Labute approximate surface area is 256 Å². The van der Waals surface area contributed by atoms with Gasteiger partial charge >= 0.3 is 12.3 Å². The molecule has 3 aromatic rings. The Balaban J connectivity index is 1.68. The number of benzene rings is 2. The first-order valence-electron chi connectivity index (χ1n) is 13.2. The van der Waals surface area contributed by atoms with Crippen LogP contribution in [-0.4, -0.2) is 71.5 Å². The van der Waals surface area contributed by atoms with Crippen molar-refractivity contribution in [1.82, 2.24) is 19.5 Å². The van der Waals surface area contributed by atoms with Crippen LogP contribution in [0.4, 0.5) is 23.7 Å². The summed E-state index contributed by atoms with van der Waals surface area (Å²) < 4.78 is 74.2. The van der Waals surface area contributed by atoms with Crippen LogP contribution < -0.4 is 11.0 Å². The fourth-order valence-electron chi connectivity index (χ4n) is 4.54. The van der Waals surface area contributed by atoms with Crippen LogP contribution in [0.3, 0.4) is 0 Å². The molecule has 43 heavy (non-hydrogen) atoms. The van der Waals surface area contributed by atoms with Gasteiger partial charge in [0.15, 0.2) is 9.84 Å². The zero-order chi connectivity index (χ0) is 31.9. The van der Waals surface area contributed by atoms with E-state index in [-0.39, 0.29) is 70.2 Å². The normalized spacial score (nSPS) is 15.1. The van der Waals surface area contributed by atoms with E-state index in [2.05, 4.69) is 10.4 Å². The minimum atomic E-state index is -4.86. The van der Waals surface area contributed by atoms with Crippen LogP contribution in [0.15, 0.2) is 40.3 Å². The number of fused-ring (bicyclic) bond motifs is 1. The summed E-state index contributed by atoms with van der Waals surface area (Å²) >= 11 is 12.5. The van der Waals surface area contributed by atoms with Gasteiger partial charge in [0.1, 0.15) is 11.9 Å². The Morgan fingerprint density at radius 1 is 1.09 bits per heavy atom. The van der Waals surface area contributed by atoms with E-state index in [4.69, 9.17) is 27.9 Å². The second-order valence-corrected chi connectivity index (χ2v) is 14.0. The molecule has 16 heteroatoms. The lowest BCUT2D eigenvalue weighted by atomic mass is 10.0. The smallest absolute Gasteiger partial charge is 0.416 e. The van der Waals surface area contributed by atoms with E-state index in [1.54, 1.807) is 25.7 Å². The van der Waals surface area contributed by atoms with E-state index in [1.807, 2.05) is 0 Å². The molecule has 0 saturated carbocycles.